The average Bonchev–Trinajstić information content (AvgIpc) is 3.12. The van der Waals surface area contributed by atoms with Crippen LogP contribution in [0.2, 0.25) is 0 Å². The number of aromatic nitrogens is 1. The van der Waals surface area contributed by atoms with Crippen molar-refractivity contribution in [1.82, 2.24) is 4.57 Å². The minimum absolute atomic E-state index is 0.240. The molecular weight excluding hydrogens is 258 g/mol. The summed E-state index contributed by atoms with van der Waals surface area (Å²) in [7, 11) is 0. The summed E-state index contributed by atoms with van der Waals surface area (Å²) >= 11 is 0. The fourth-order valence-corrected chi connectivity index (χ4v) is 3.06. The highest BCUT2D eigenvalue weighted by Gasteiger charge is 2.42. The van der Waals surface area contributed by atoms with Crippen molar-refractivity contribution in [3.05, 3.63) is 36.0 Å². The number of rotatable bonds is 6. The molecular formula is C18H23N3. The minimum atomic E-state index is 0.240. The van der Waals surface area contributed by atoms with Gasteiger partial charge >= 0.3 is 0 Å². The Balaban J connectivity index is 1.81. The first kappa shape index (κ1) is 14.2. The van der Waals surface area contributed by atoms with Gasteiger partial charge in [-0.2, -0.15) is 5.26 Å². The van der Waals surface area contributed by atoms with E-state index in [-0.39, 0.29) is 11.5 Å². The van der Waals surface area contributed by atoms with Gasteiger partial charge in [-0.05, 0) is 54.8 Å². The quantitative estimate of drug-likeness (QED) is 0.879. The van der Waals surface area contributed by atoms with Crippen LogP contribution in [0.15, 0.2) is 30.5 Å². The minimum Gasteiger partial charge on any atom is -0.347 e. The molecule has 1 aliphatic rings. The molecule has 1 aromatic heterocycles. The van der Waals surface area contributed by atoms with Crippen molar-refractivity contribution >= 4 is 10.9 Å². The topological polar surface area (TPSA) is 54.7 Å². The Morgan fingerprint density at radius 3 is 2.86 bits per heavy atom. The molecule has 0 saturated heterocycles. The number of nitrogens with zero attached hydrogens (tertiary/aromatic N) is 2. The summed E-state index contributed by atoms with van der Waals surface area (Å²) in [6.07, 6.45) is 7.15. The average molecular weight is 281 g/mol. The van der Waals surface area contributed by atoms with E-state index in [1.54, 1.807) is 0 Å². The van der Waals surface area contributed by atoms with Crippen molar-refractivity contribution in [3.8, 4) is 6.07 Å². The first-order valence-electron chi connectivity index (χ1n) is 7.86. The van der Waals surface area contributed by atoms with E-state index in [4.69, 9.17) is 11.0 Å². The van der Waals surface area contributed by atoms with E-state index >= 15 is 0 Å². The SMILES string of the molecule is CCC(N)Cc1ccc2c(ccn2CC2(CC#N)CC2)c1. The van der Waals surface area contributed by atoms with Crippen LogP contribution in [0, 0.1) is 16.7 Å². The summed E-state index contributed by atoms with van der Waals surface area (Å²) < 4.78 is 2.31. The van der Waals surface area contributed by atoms with E-state index < -0.39 is 0 Å². The molecule has 2 N–H and O–H groups in total. The molecule has 3 nitrogen and oxygen atoms in total. The maximum atomic E-state index is 8.96. The molecule has 1 saturated carbocycles. The normalized spacial score (nSPS) is 17.6. The van der Waals surface area contributed by atoms with E-state index in [0.717, 1.165) is 19.4 Å². The molecule has 0 spiro atoms. The second kappa shape index (κ2) is 5.54. The number of hydrogen-bond donors (Lipinski definition) is 1. The molecule has 1 heterocycles. The van der Waals surface area contributed by atoms with Gasteiger partial charge in [-0.1, -0.05) is 13.0 Å². The molecule has 0 bridgehead atoms. The first-order valence-corrected chi connectivity index (χ1v) is 7.86. The van der Waals surface area contributed by atoms with Crippen molar-refractivity contribution in [2.24, 2.45) is 11.1 Å². The predicted octanol–water partition coefficient (Wildman–Crippen LogP) is 3.61. The second-order valence-corrected chi connectivity index (χ2v) is 6.54. The number of nitriles is 1. The third-order valence-electron chi connectivity index (χ3n) is 4.77. The van der Waals surface area contributed by atoms with E-state index in [2.05, 4.69) is 48.0 Å². The number of hydrogen-bond acceptors (Lipinski definition) is 2. The van der Waals surface area contributed by atoms with Crippen molar-refractivity contribution in [1.29, 1.82) is 5.26 Å². The Kier molecular flexibility index (Phi) is 3.73. The van der Waals surface area contributed by atoms with Gasteiger partial charge in [0.2, 0.25) is 0 Å². The maximum Gasteiger partial charge on any atom is 0.0628 e. The van der Waals surface area contributed by atoms with Crippen LogP contribution in [-0.2, 0) is 13.0 Å². The molecule has 0 aliphatic heterocycles. The van der Waals surface area contributed by atoms with Crippen LogP contribution in [0.3, 0.4) is 0 Å². The van der Waals surface area contributed by atoms with Gasteiger partial charge in [-0.25, -0.2) is 0 Å². The van der Waals surface area contributed by atoms with Gasteiger partial charge in [-0.15, -0.1) is 0 Å². The summed E-state index contributed by atoms with van der Waals surface area (Å²) in [4.78, 5) is 0. The van der Waals surface area contributed by atoms with E-state index in [0.29, 0.717) is 6.42 Å². The highest BCUT2D eigenvalue weighted by molar-refractivity contribution is 5.81. The Hall–Kier alpha value is -1.79. The largest absolute Gasteiger partial charge is 0.347 e. The molecule has 3 heteroatoms. The molecule has 1 fully saturated rings. The lowest BCUT2D eigenvalue weighted by atomic mass is 10.0. The van der Waals surface area contributed by atoms with E-state index in [9.17, 15) is 0 Å². The van der Waals surface area contributed by atoms with Crippen molar-refractivity contribution in [2.75, 3.05) is 0 Å². The highest BCUT2D eigenvalue weighted by Crippen LogP contribution is 2.50. The lowest BCUT2D eigenvalue weighted by Crippen LogP contribution is -2.21. The standard InChI is InChI=1S/C18H23N3/c1-2-16(20)12-14-3-4-17-15(11-14)5-10-21(17)13-18(6-7-18)8-9-19/h3-5,10-11,16H,2,6-8,12-13,20H2,1H3. The Labute approximate surface area is 126 Å². The maximum absolute atomic E-state index is 8.96. The number of nitrogens with two attached hydrogens (primary N) is 1. The van der Waals surface area contributed by atoms with Crippen LogP contribution < -0.4 is 5.73 Å². The van der Waals surface area contributed by atoms with Gasteiger partial charge < -0.3 is 10.3 Å². The van der Waals surface area contributed by atoms with Gasteiger partial charge in [0, 0.05) is 36.1 Å². The fraction of sp³-hybridized carbons (Fsp3) is 0.500. The zero-order chi connectivity index (χ0) is 14.9. The van der Waals surface area contributed by atoms with E-state index in [1.807, 2.05) is 0 Å². The predicted molar refractivity (Wildman–Crippen MR) is 85.8 cm³/mol. The smallest absolute Gasteiger partial charge is 0.0628 e. The van der Waals surface area contributed by atoms with Crippen LogP contribution >= 0.6 is 0 Å². The molecule has 1 aromatic carbocycles. The molecule has 1 atom stereocenters. The lowest BCUT2D eigenvalue weighted by molar-refractivity contribution is 0.440. The monoisotopic (exact) mass is 281 g/mol. The van der Waals surface area contributed by atoms with Gasteiger partial charge in [-0.3, -0.25) is 0 Å². The fourth-order valence-electron chi connectivity index (χ4n) is 3.06. The van der Waals surface area contributed by atoms with Crippen LogP contribution in [-0.4, -0.2) is 10.6 Å². The Bertz CT molecular complexity index is 673. The summed E-state index contributed by atoms with van der Waals surface area (Å²) in [5.74, 6) is 0. The molecule has 0 radical (unpaired) electrons. The van der Waals surface area contributed by atoms with Gasteiger partial charge in [0.15, 0.2) is 0 Å². The van der Waals surface area contributed by atoms with Crippen LogP contribution in [0.5, 0.6) is 0 Å². The third kappa shape index (κ3) is 2.96. The van der Waals surface area contributed by atoms with Crippen LogP contribution in [0.4, 0.5) is 0 Å². The summed E-state index contributed by atoms with van der Waals surface area (Å²) in [5.41, 5.74) is 8.87. The van der Waals surface area contributed by atoms with Crippen LogP contribution in [0.25, 0.3) is 10.9 Å². The number of fused-ring (bicyclic) bond motifs is 1. The van der Waals surface area contributed by atoms with Crippen molar-refractivity contribution in [3.63, 3.8) is 0 Å². The molecule has 1 aliphatic carbocycles. The van der Waals surface area contributed by atoms with Gasteiger partial charge in [0.05, 0.1) is 6.07 Å². The molecule has 110 valence electrons. The molecule has 0 amide bonds. The number of benzene rings is 1. The molecule has 21 heavy (non-hydrogen) atoms. The van der Waals surface area contributed by atoms with Crippen LogP contribution in [0.1, 0.15) is 38.2 Å². The molecule has 2 aromatic rings. The third-order valence-corrected chi connectivity index (χ3v) is 4.77. The van der Waals surface area contributed by atoms with Gasteiger partial charge in [0.1, 0.15) is 0 Å². The zero-order valence-corrected chi connectivity index (χ0v) is 12.7. The molecule has 1 unspecified atom stereocenters. The zero-order valence-electron chi connectivity index (χ0n) is 12.7. The highest BCUT2D eigenvalue weighted by atomic mass is 15.0. The summed E-state index contributed by atoms with van der Waals surface area (Å²) in [5, 5.41) is 10.2. The first-order chi connectivity index (χ1) is 10.2. The summed E-state index contributed by atoms with van der Waals surface area (Å²) in [6, 6.07) is 11.4. The van der Waals surface area contributed by atoms with Crippen molar-refractivity contribution in [2.45, 2.75) is 51.6 Å². The molecule has 3 rings (SSSR count). The van der Waals surface area contributed by atoms with E-state index in [1.165, 1.54) is 29.3 Å². The van der Waals surface area contributed by atoms with Crippen molar-refractivity contribution < 1.29 is 0 Å². The second-order valence-electron chi connectivity index (χ2n) is 6.54. The Morgan fingerprint density at radius 1 is 1.38 bits per heavy atom. The Morgan fingerprint density at radius 2 is 2.19 bits per heavy atom. The van der Waals surface area contributed by atoms with Gasteiger partial charge in [0.25, 0.3) is 0 Å². The lowest BCUT2D eigenvalue weighted by Gasteiger charge is -2.14. The summed E-state index contributed by atoms with van der Waals surface area (Å²) in [6.45, 7) is 3.10.